The van der Waals surface area contributed by atoms with E-state index in [0.29, 0.717) is 22.6 Å². The lowest BCUT2D eigenvalue weighted by atomic mass is 10.1. The van der Waals surface area contributed by atoms with Crippen molar-refractivity contribution in [2.24, 2.45) is 0 Å². The van der Waals surface area contributed by atoms with E-state index in [1.54, 1.807) is 72.7 Å². The highest BCUT2D eigenvalue weighted by molar-refractivity contribution is 8.00. The number of methoxy groups -OCH3 is 1. The Kier molecular flexibility index (Phi) is 10.7. The van der Waals surface area contributed by atoms with E-state index in [9.17, 15) is 14.4 Å². The number of ether oxygens (including phenoxy) is 1. The summed E-state index contributed by atoms with van der Waals surface area (Å²) in [5.41, 5.74) is 3.30. The largest absolute Gasteiger partial charge is 0.497 e. The van der Waals surface area contributed by atoms with Crippen molar-refractivity contribution in [1.29, 1.82) is 0 Å². The van der Waals surface area contributed by atoms with Crippen molar-refractivity contribution in [3.63, 3.8) is 0 Å². The quantitative estimate of drug-likeness (QED) is 0.115. The molecule has 3 amide bonds. The lowest BCUT2D eigenvalue weighted by Gasteiger charge is -2.26. The fourth-order valence-electron chi connectivity index (χ4n) is 4.65. The Bertz CT molecular complexity index is 1770. The van der Waals surface area contributed by atoms with Crippen molar-refractivity contribution in [2.45, 2.75) is 17.1 Å². The van der Waals surface area contributed by atoms with Crippen LogP contribution in [0.5, 0.6) is 5.75 Å². The number of amides is 3. The molecule has 5 rings (SSSR count). The molecule has 8 heteroatoms. The summed E-state index contributed by atoms with van der Waals surface area (Å²) in [6, 6.07) is 42.3. The second-order valence-electron chi connectivity index (χ2n) is 10.2. The van der Waals surface area contributed by atoms with E-state index in [1.807, 2.05) is 91.9 Å². The molecule has 0 aliphatic rings. The summed E-state index contributed by atoms with van der Waals surface area (Å²) in [7, 11) is 1.56. The molecule has 2 N–H and O–H groups in total. The number of anilines is 3. The van der Waals surface area contributed by atoms with Crippen molar-refractivity contribution in [3.8, 4) is 5.75 Å². The number of nitrogens with one attached hydrogen (secondary N) is 2. The van der Waals surface area contributed by atoms with Gasteiger partial charge in [-0.2, -0.15) is 0 Å². The van der Waals surface area contributed by atoms with Crippen LogP contribution >= 0.6 is 11.8 Å². The summed E-state index contributed by atoms with van der Waals surface area (Å²) in [4.78, 5) is 42.7. The third-order valence-corrected chi connectivity index (χ3v) is 8.06. The van der Waals surface area contributed by atoms with Crippen LogP contribution in [0.15, 0.2) is 150 Å². The minimum Gasteiger partial charge on any atom is -0.497 e. The van der Waals surface area contributed by atoms with Crippen molar-refractivity contribution < 1.29 is 19.1 Å². The SMILES string of the molecule is COc1cccc(/C=C(\NC(=O)c2ccccc2)C(=O)Nc2ccc(SC(C)C(=O)N(c3ccccc3)c3ccccc3)cc2)c1. The average molecular weight is 628 g/mol. The number of carbonyl (C=O) groups excluding carboxylic acids is 3. The molecule has 7 nitrogen and oxygen atoms in total. The molecule has 0 spiro atoms. The number of rotatable bonds is 11. The van der Waals surface area contributed by atoms with Gasteiger partial charge in [-0.25, -0.2) is 0 Å². The molecule has 0 saturated carbocycles. The summed E-state index contributed by atoms with van der Waals surface area (Å²) >= 11 is 1.43. The Labute approximate surface area is 272 Å². The molecule has 0 saturated heterocycles. The average Bonchev–Trinajstić information content (AvgIpc) is 3.10. The molecule has 5 aromatic carbocycles. The molecule has 5 aromatic rings. The smallest absolute Gasteiger partial charge is 0.272 e. The van der Waals surface area contributed by atoms with Gasteiger partial charge < -0.3 is 15.4 Å². The predicted molar refractivity (Wildman–Crippen MR) is 185 cm³/mol. The molecule has 46 heavy (non-hydrogen) atoms. The van der Waals surface area contributed by atoms with E-state index in [2.05, 4.69) is 10.6 Å². The van der Waals surface area contributed by atoms with Gasteiger partial charge in [0.2, 0.25) is 5.91 Å². The molecule has 0 aliphatic heterocycles. The van der Waals surface area contributed by atoms with E-state index in [1.165, 1.54) is 11.8 Å². The van der Waals surface area contributed by atoms with Gasteiger partial charge in [0.05, 0.1) is 12.4 Å². The van der Waals surface area contributed by atoms with Gasteiger partial charge >= 0.3 is 0 Å². The molecule has 1 atom stereocenters. The molecule has 0 radical (unpaired) electrons. The van der Waals surface area contributed by atoms with Crippen LogP contribution in [0.3, 0.4) is 0 Å². The molecule has 0 aliphatic carbocycles. The molecule has 230 valence electrons. The summed E-state index contributed by atoms with van der Waals surface area (Å²) < 4.78 is 5.31. The predicted octanol–water partition coefficient (Wildman–Crippen LogP) is 7.95. The number of carbonyl (C=O) groups is 3. The van der Waals surface area contributed by atoms with Crippen LogP contribution < -0.4 is 20.3 Å². The second kappa shape index (κ2) is 15.4. The monoisotopic (exact) mass is 627 g/mol. The Morgan fingerprint density at radius 1 is 0.739 bits per heavy atom. The maximum atomic E-state index is 13.7. The Balaban J connectivity index is 1.30. The van der Waals surface area contributed by atoms with Crippen molar-refractivity contribution in [1.82, 2.24) is 5.32 Å². The highest BCUT2D eigenvalue weighted by Gasteiger charge is 2.24. The third kappa shape index (κ3) is 8.31. The standard InChI is InChI=1S/C38H33N3O4S/c1-27(38(44)41(31-16-8-4-9-17-31)32-18-10-5-11-19-32)46-34-23-21-30(22-24-34)39-37(43)35(26-28-13-12-20-33(25-28)45-2)40-36(42)29-14-6-3-7-15-29/h3-27H,1-2H3,(H,39,43)(H,40,42)/b35-26-. The van der Waals surface area contributed by atoms with Gasteiger partial charge in [-0.1, -0.05) is 66.7 Å². The number of hydrogen-bond donors (Lipinski definition) is 2. The maximum Gasteiger partial charge on any atom is 0.272 e. The molecular weight excluding hydrogens is 595 g/mol. The topological polar surface area (TPSA) is 87.7 Å². The van der Waals surface area contributed by atoms with E-state index < -0.39 is 17.1 Å². The summed E-state index contributed by atoms with van der Waals surface area (Å²) in [6.07, 6.45) is 1.60. The first-order valence-corrected chi connectivity index (χ1v) is 15.5. The number of thioether (sulfide) groups is 1. The van der Waals surface area contributed by atoms with Crippen LogP contribution in [0.4, 0.5) is 17.1 Å². The second-order valence-corrected chi connectivity index (χ2v) is 11.7. The van der Waals surface area contributed by atoms with E-state index in [0.717, 1.165) is 16.3 Å². The fraction of sp³-hybridized carbons (Fsp3) is 0.0789. The summed E-state index contributed by atoms with van der Waals surface area (Å²) in [5.74, 6) is -0.326. The molecule has 1 unspecified atom stereocenters. The Morgan fingerprint density at radius 3 is 1.91 bits per heavy atom. The normalized spacial score (nSPS) is 11.7. The van der Waals surface area contributed by atoms with E-state index >= 15 is 0 Å². The lowest BCUT2D eigenvalue weighted by molar-refractivity contribution is -0.117. The number of para-hydroxylation sites is 2. The van der Waals surface area contributed by atoms with Gasteiger partial charge in [-0.3, -0.25) is 19.3 Å². The Morgan fingerprint density at radius 2 is 1.33 bits per heavy atom. The highest BCUT2D eigenvalue weighted by atomic mass is 32.2. The number of nitrogens with zero attached hydrogens (tertiary/aromatic N) is 1. The summed E-state index contributed by atoms with van der Waals surface area (Å²) in [6.45, 7) is 1.88. The summed E-state index contributed by atoms with van der Waals surface area (Å²) in [5, 5.41) is 5.23. The number of hydrogen-bond acceptors (Lipinski definition) is 5. The highest BCUT2D eigenvalue weighted by Crippen LogP contribution is 2.31. The first-order valence-electron chi connectivity index (χ1n) is 14.7. The molecular formula is C38H33N3O4S. The minimum absolute atomic E-state index is 0.0544. The minimum atomic E-state index is -0.489. The van der Waals surface area contributed by atoms with Crippen molar-refractivity contribution in [2.75, 3.05) is 17.3 Å². The molecule has 0 heterocycles. The van der Waals surface area contributed by atoms with Crippen LogP contribution in [0, 0.1) is 0 Å². The Hall–Kier alpha value is -5.60. The third-order valence-electron chi connectivity index (χ3n) is 6.96. The zero-order valence-corrected chi connectivity index (χ0v) is 26.2. The molecule has 0 aromatic heterocycles. The van der Waals surface area contributed by atoms with Gasteiger partial charge in [0.15, 0.2) is 0 Å². The zero-order valence-electron chi connectivity index (χ0n) is 25.4. The van der Waals surface area contributed by atoms with E-state index in [-0.39, 0.29) is 11.6 Å². The van der Waals surface area contributed by atoms with Gasteiger partial charge in [-0.05, 0) is 91.4 Å². The van der Waals surface area contributed by atoms with Crippen molar-refractivity contribution >= 4 is 52.6 Å². The first-order chi connectivity index (χ1) is 22.4. The van der Waals surface area contributed by atoms with Crippen LogP contribution in [-0.4, -0.2) is 30.1 Å². The molecule has 0 bridgehead atoms. The first kappa shape index (κ1) is 31.8. The molecule has 0 fully saturated rings. The lowest BCUT2D eigenvalue weighted by Crippen LogP contribution is -2.32. The van der Waals surface area contributed by atoms with E-state index in [4.69, 9.17) is 4.74 Å². The maximum absolute atomic E-state index is 13.7. The van der Waals surface area contributed by atoms with Crippen molar-refractivity contribution in [3.05, 3.63) is 156 Å². The van der Waals surface area contributed by atoms with Crippen LogP contribution in [0.2, 0.25) is 0 Å². The van der Waals surface area contributed by atoms with Crippen LogP contribution in [0.1, 0.15) is 22.8 Å². The van der Waals surface area contributed by atoms with Gasteiger partial charge in [-0.15, -0.1) is 11.8 Å². The van der Waals surface area contributed by atoms with Gasteiger partial charge in [0.1, 0.15) is 11.4 Å². The van der Waals surface area contributed by atoms with Gasteiger partial charge in [0, 0.05) is 27.5 Å². The zero-order chi connectivity index (χ0) is 32.3. The number of benzene rings is 5. The van der Waals surface area contributed by atoms with Gasteiger partial charge in [0.25, 0.3) is 11.8 Å². The van der Waals surface area contributed by atoms with Crippen LogP contribution in [-0.2, 0) is 9.59 Å². The van der Waals surface area contributed by atoms with Crippen LogP contribution in [0.25, 0.3) is 6.08 Å². The fourth-order valence-corrected chi connectivity index (χ4v) is 5.56.